The molecule has 0 amide bonds. The van der Waals surface area contributed by atoms with E-state index in [1.165, 1.54) is 15.3 Å². The molecular weight excluding hydrogens is 171 g/mol. The van der Waals surface area contributed by atoms with Crippen LogP contribution in [0.15, 0.2) is 36.4 Å². The Hall–Kier alpha value is -0.483. The predicted octanol–water partition coefficient (Wildman–Crippen LogP) is 0.528. The summed E-state index contributed by atoms with van der Waals surface area (Å²) in [5.41, 5.74) is 1.28. The SMILES string of the molecule is Cc1[c-]cc(-c2ccccc2)s1.[Li+]. The van der Waals surface area contributed by atoms with Crippen LogP contribution in [0.25, 0.3) is 10.4 Å². The van der Waals surface area contributed by atoms with E-state index < -0.39 is 0 Å². The molecule has 0 aliphatic carbocycles. The van der Waals surface area contributed by atoms with Crippen LogP contribution in [0.1, 0.15) is 4.88 Å². The second-order valence-corrected chi connectivity index (χ2v) is 3.93. The molecule has 1 aromatic carbocycles. The van der Waals surface area contributed by atoms with Crippen LogP contribution in [0, 0.1) is 13.0 Å². The second kappa shape index (κ2) is 4.67. The van der Waals surface area contributed by atoms with Crippen molar-refractivity contribution >= 4 is 11.3 Å². The van der Waals surface area contributed by atoms with Gasteiger partial charge in [0.1, 0.15) is 0 Å². The molecule has 0 fully saturated rings. The van der Waals surface area contributed by atoms with Crippen LogP contribution >= 0.6 is 11.3 Å². The second-order valence-electron chi connectivity index (χ2n) is 2.68. The Balaban J connectivity index is 0.000000845. The van der Waals surface area contributed by atoms with E-state index in [1.807, 2.05) is 6.07 Å². The van der Waals surface area contributed by atoms with Crippen molar-refractivity contribution in [3.05, 3.63) is 47.3 Å². The molecule has 0 N–H and O–H groups in total. The Bertz CT molecular complexity index is 365. The van der Waals surface area contributed by atoms with Crippen molar-refractivity contribution in [2.24, 2.45) is 0 Å². The van der Waals surface area contributed by atoms with Gasteiger partial charge in [0.15, 0.2) is 0 Å². The molecule has 0 saturated heterocycles. The van der Waals surface area contributed by atoms with Crippen LogP contribution in [0.3, 0.4) is 0 Å². The van der Waals surface area contributed by atoms with E-state index in [-0.39, 0.29) is 18.9 Å². The zero-order valence-electron chi connectivity index (χ0n) is 7.87. The molecule has 0 aliphatic heterocycles. The molecule has 0 unspecified atom stereocenters. The van der Waals surface area contributed by atoms with E-state index in [9.17, 15) is 0 Å². The summed E-state index contributed by atoms with van der Waals surface area (Å²) in [6, 6.07) is 15.6. The molecule has 1 aromatic heterocycles. The molecule has 2 aromatic rings. The third-order valence-corrected chi connectivity index (χ3v) is 2.73. The van der Waals surface area contributed by atoms with Crippen molar-refractivity contribution in [3.63, 3.8) is 0 Å². The standard InChI is InChI=1S/C11H9S.Li/c1-9-7-8-11(12-9)10-5-3-2-4-6-10;/h2-6,8H,1H3;/q-1;+1. The van der Waals surface area contributed by atoms with Crippen LogP contribution < -0.4 is 18.9 Å². The fourth-order valence-electron chi connectivity index (χ4n) is 1.14. The summed E-state index contributed by atoms with van der Waals surface area (Å²) in [6.45, 7) is 2.08. The van der Waals surface area contributed by atoms with Gasteiger partial charge in [-0.2, -0.15) is 0 Å². The summed E-state index contributed by atoms with van der Waals surface area (Å²) < 4.78 is 0. The minimum Gasteiger partial charge on any atom is -0.262 e. The predicted molar refractivity (Wildman–Crippen MR) is 53.3 cm³/mol. The van der Waals surface area contributed by atoms with Gasteiger partial charge in [-0.05, 0) is 6.92 Å². The Kier molecular flexibility index (Phi) is 3.81. The van der Waals surface area contributed by atoms with E-state index in [1.54, 1.807) is 11.3 Å². The Morgan fingerprint density at radius 2 is 1.85 bits per heavy atom. The van der Waals surface area contributed by atoms with Gasteiger partial charge in [0.2, 0.25) is 0 Å². The first-order chi connectivity index (χ1) is 5.86. The minimum atomic E-state index is 0. The van der Waals surface area contributed by atoms with Crippen LogP contribution in [-0.2, 0) is 0 Å². The van der Waals surface area contributed by atoms with Gasteiger partial charge >= 0.3 is 18.9 Å². The van der Waals surface area contributed by atoms with E-state index in [4.69, 9.17) is 0 Å². The van der Waals surface area contributed by atoms with Gasteiger partial charge in [0, 0.05) is 0 Å². The molecule has 2 rings (SSSR count). The molecule has 1 heterocycles. The summed E-state index contributed by atoms with van der Waals surface area (Å²) in [4.78, 5) is 2.54. The van der Waals surface area contributed by atoms with E-state index in [0.717, 1.165) is 0 Å². The maximum Gasteiger partial charge on any atom is 1.00 e. The first-order valence-electron chi connectivity index (χ1n) is 3.90. The van der Waals surface area contributed by atoms with Gasteiger partial charge in [-0.25, -0.2) is 12.1 Å². The zero-order valence-corrected chi connectivity index (χ0v) is 8.69. The molecule has 0 saturated carbocycles. The first kappa shape index (κ1) is 10.6. The molecule has 0 bridgehead atoms. The van der Waals surface area contributed by atoms with Crippen molar-refractivity contribution < 1.29 is 18.9 Å². The molecule has 0 atom stereocenters. The van der Waals surface area contributed by atoms with Gasteiger partial charge < -0.3 is 0 Å². The van der Waals surface area contributed by atoms with Crippen molar-refractivity contribution in [1.82, 2.24) is 0 Å². The van der Waals surface area contributed by atoms with E-state index >= 15 is 0 Å². The molecule has 0 spiro atoms. The van der Waals surface area contributed by atoms with E-state index in [0.29, 0.717) is 0 Å². The number of hydrogen-bond donors (Lipinski definition) is 0. The number of thiophene rings is 1. The van der Waals surface area contributed by atoms with Gasteiger partial charge in [0.25, 0.3) is 0 Å². The van der Waals surface area contributed by atoms with Gasteiger partial charge in [0.05, 0.1) is 0 Å². The Labute approximate surface area is 94.8 Å². The normalized spacial score (nSPS) is 9.31. The molecule has 0 radical (unpaired) electrons. The first-order valence-corrected chi connectivity index (χ1v) is 4.71. The monoisotopic (exact) mass is 180 g/mol. The summed E-state index contributed by atoms with van der Waals surface area (Å²) >= 11 is 1.79. The zero-order chi connectivity index (χ0) is 8.39. The molecular formula is C11H9LiS. The average molecular weight is 180 g/mol. The number of hydrogen-bond acceptors (Lipinski definition) is 1. The molecule has 0 aliphatic rings. The van der Waals surface area contributed by atoms with Gasteiger partial charge in [-0.1, -0.05) is 35.9 Å². The minimum absolute atomic E-state index is 0. The average Bonchev–Trinajstić information content (AvgIpc) is 2.54. The number of rotatable bonds is 1. The third kappa shape index (κ3) is 2.48. The molecule has 13 heavy (non-hydrogen) atoms. The maximum absolute atomic E-state index is 3.19. The van der Waals surface area contributed by atoms with Crippen molar-refractivity contribution in [1.29, 1.82) is 0 Å². The summed E-state index contributed by atoms with van der Waals surface area (Å²) in [5, 5.41) is 0. The Morgan fingerprint density at radius 3 is 2.38 bits per heavy atom. The van der Waals surface area contributed by atoms with Gasteiger partial charge in [-0.3, -0.25) is 11.3 Å². The van der Waals surface area contributed by atoms with Crippen molar-refractivity contribution in [2.45, 2.75) is 6.92 Å². The summed E-state index contributed by atoms with van der Waals surface area (Å²) in [5.74, 6) is 0. The summed E-state index contributed by atoms with van der Waals surface area (Å²) in [6.07, 6.45) is 0. The number of benzene rings is 1. The van der Waals surface area contributed by atoms with Crippen molar-refractivity contribution in [3.8, 4) is 10.4 Å². The Morgan fingerprint density at radius 1 is 1.15 bits per heavy atom. The van der Waals surface area contributed by atoms with E-state index in [2.05, 4.69) is 43.3 Å². The number of aryl methyl sites for hydroxylation is 1. The quantitative estimate of drug-likeness (QED) is 0.443. The molecule has 0 nitrogen and oxygen atoms in total. The van der Waals surface area contributed by atoms with Crippen LogP contribution in [0.5, 0.6) is 0 Å². The van der Waals surface area contributed by atoms with Crippen LogP contribution in [0.4, 0.5) is 0 Å². The van der Waals surface area contributed by atoms with Crippen LogP contribution in [-0.4, -0.2) is 0 Å². The van der Waals surface area contributed by atoms with Crippen LogP contribution in [0.2, 0.25) is 0 Å². The smallest absolute Gasteiger partial charge is 0.262 e. The molecule has 2 heteroatoms. The topological polar surface area (TPSA) is 0 Å². The van der Waals surface area contributed by atoms with Crippen molar-refractivity contribution in [2.75, 3.05) is 0 Å². The van der Waals surface area contributed by atoms with Gasteiger partial charge in [-0.15, -0.1) is 9.75 Å². The fourth-order valence-corrected chi connectivity index (χ4v) is 1.96. The largest absolute Gasteiger partial charge is 1.00 e. The maximum atomic E-state index is 3.19. The summed E-state index contributed by atoms with van der Waals surface area (Å²) in [7, 11) is 0. The fraction of sp³-hybridized carbons (Fsp3) is 0.0909. The molecule has 60 valence electrons. The third-order valence-electron chi connectivity index (χ3n) is 1.73.